The van der Waals surface area contributed by atoms with Crippen molar-refractivity contribution >= 4 is 0 Å². The number of aryl methyl sites for hydroxylation is 2. The monoisotopic (exact) mass is 234 g/mol. The lowest BCUT2D eigenvalue weighted by Crippen LogP contribution is -2.27. The van der Waals surface area contributed by atoms with Crippen LogP contribution in [0.1, 0.15) is 34.7 Å². The molecule has 0 spiro atoms. The molecule has 2 heteroatoms. The highest BCUT2D eigenvalue weighted by atomic mass is 14.9. The van der Waals surface area contributed by atoms with Crippen molar-refractivity contribution in [1.29, 1.82) is 0 Å². The second-order valence-electron chi connectivity index (χ2n) is 4.77. The zero-order valence-electron chi connectivity index (χ0n) is 11.9. The van der Waals surface area contributed by atoms with Crippen LogP contribution in [0, 0.1) is 27.7 Å². The molecule has 1 aromatic rings. The van der Waals surface area contributed by atoms with Gasteiger partial charge < -0.3 is 10.6 Å². The lowest BCUT2D eigenvalue weighted by atomic mass is 9.94. The van der Waals surface area contributed by atoms with Gasteiger partial charge in [-0.25, -0.2) is 0 Å². The van der Waals surface area contributed by atoms with Gasteiger partial charge in [-0.3, -0.25) is 0 Å². The molecule has 1 aromatic carbocycles. The fourth-order valence-corrected chi connectivity index (χ4v) is 2.13. The van der Waals surface area contributed by atoms with Crippen LogP contribution < -0.4 is 10.6 Å². The Morgan fingerprint density at radius 3 is 1.94 bits per heavy atom. The third kappa shape index (κ3) is 3.83. The fourth-order valence-electron chi connectivity index (χ4n) is 2.13. The summed E-state index contributed by atoms with van der Waals surface area (Å²) >= 11 is 0. The normalized spacial score (nSPS) is 10.9. The second-order valence-corrected chi connectivity index (χ2v) is 4.77. The molecule has 0 atom stereocenters. The molecule has 0 unspecified atom stereocenters. The van der Waals surface area contributed by atoms with Crippen LogP contribution in [0.3, 0.4) is 0 Å². The maximum Gasteiger partial charge on any atom is 0.0211 e. The highest BCUT2D eigenvalue weighted by Gasteiger charge is 2.07. The summed E-state index contributed by atoms with van der Waals surface area (Å²) in [6, 6.07) is 2.28. The zero-order valence-corrected chi connectivity index (χ0v) is 11.9. The number of likely N-dealkylation sites (N-methyl/N-ethyl adjacent to an activating group) is 1. The summed E-state index contributed by atoms with van der Waals surface area (Å²) in [5.41, 5.74) is 7.14. The van der Waals surface area contributed by atoms with E-state index in [2.05, 4.69) is 51.3 Å². The van der Waals surface area contributed by atoms with Gasteiger partial charge >= 0.3 is 0 Å². The Labute approximate surface area is 106 Å². The first-order valence-electron chi connectivity index (χ1n) is 6.55. The standard InChI is InChI=1S/C15H26N2/c1-6-16-7-8-17-10-15-13(4)11(2)9-12(3)14(15)5/h9,16-17H,6-8,10H2,1-5H3. The molecule has 0 aliphatic heterocycles. The van der Waals surface area contributed by atoms with E-state index >= 15 is 0 Å². The SMILES string of the molecule is CCNCCNCc1c(C)c(C)cc(C)c1C. The lowest BCUT2D eigenvalue weighted by Gasteiger charge is -2.16. The van der Waals surface area contributed by atoms with E-state index < -0.39 is 0 Å². The minimum atomic E-state index is 0.978. The first kappa shape index (κ1) is 14.2. The average Bonchev–Trinajstić information content (AvgIpc) is 2.30. The Morgan fingerprint density at radius 2 is 1.41 bits per heavy atom. The molecule has 0 saturated carbocycles. The quantitative estimate of drug-likeness (QED) is 0.739. The minimum absolute atomic E-state index is 0.978. The maximum atomic E-state index is 3.51. The topological polar surface area (TPSA) is 24.1 Å². The van der Waals surface area contributed by atoms with Crippen molar-refractivity contribution in [3.63, 3.8) is 0 Å². The minimum Gasteiger partial charge on any atom is -0.316 e. The first-order valence-corrected chi connectivity index (χ1v) is 6.55. The number of nitrogens with one attached hydrogen (secondary N) is 2. The molecule has 17 heavy (non-hydrogen) atoms. The van der Waals surface area contributed by atoms with Gasteiger partial charge in [0.1, 0.15) is 0 Å². The number of rotatable bonds is 6. The molecule has 0 aliphatic rings. The third-order valence-corrected chi connectivity index (χ3v) is 3.55. The molecule has 0 heterocycles. The Kier molecular flexibility index (Phi) is 5.66. The first-order chi connectivity index (χ1) is 8.07. The van der Waals surface area contributed by atoms with Crippen molar-refractivity contribution in [2.45, 2.75) is 41.2 Å². The molecule has 96 valence electrons. The van der Waals surface area contributed by atoms with Crippen LogP contribution in [0.2, 0.25) is 0 Å². The van der Waals surface area contributed by atoms with Gasteiger partial charge in [0.05, 0.1) is 0 Å². The van der Waals surface area contributed by atoms with Crippen LogP contribution in [0.4, 0.5) is 0 Å². The van der Waals surface area contributed by atoms with Crippen molar-refractivity contribution in [3.8, 4) is 0 Å². The largest absolute Gasteiger partial charge is 0.316 e. The molecular formula is C15H26N2. The molecule has 0 saturated heterocycles. The number of hydrogen-bond donors (Lipinski definition) is 2. The lowest BCUT2D eigenvalue weighted by molar-refractivity contribution is 0.622. The van der Waals surface area contributed by atoms with Crippen LogP contribution in [-0.2, 0) is 6.54 Å². The van der Waals surface area contributed by atoms with Crippen molar-refractivity contribution in [2.75, 3.05) is 19.6 Å². The van der Waals surface area contributed by atoms with Gasteiger partial charge in [0.2, 0.25) is 0 Å². The van der Waals surface area contributed by atoms with Gasteiger partial charge in [-0.1, -0.05) is 13.0 Å². The summed E-state index contributed by atoms with van der Waals surface area (Å²) in [4.78, 5) is 0. The Morgan fingerprint density at radius 1 is 0.882 bits per heavy atom. The van der Waals surface area contributed by atoms with Gasteiger partial charge in [0.25, 0.3) is 0 Å². The van der Waals surface area contributed by atoms with E-state index in [-0.39, 0.29) is 0 Å². The van der Waals surface area contributed by atoms with Crippen molar-refractivity contribution in [3.05, 3.63) is 33.9 Å². The van der Waals surface area contributed by atoms with E-state index in [1.165, 1.54) is 27.8 Å². The van der Waals surface area contributed by atoms with Crippen molar-refractivity contribution in [1.82, 2.24) is 10.6 Å². The fraction of sp³-hybridized carbons (Fsp3) is 0.600. The van der Waals surface area contributed by atoms with Gasteiger partial charge in [-0.05, 0) is 62.1 Å². The predicted octanol–water partition coefficient (Wildman–Crippen LogP) is 2.62. The van der Waals surface area contributed by atoms with Crippen LogP contribution >= 0.6 is 0 Å². The predicted molar refractivity (Wildman–Crippen MR) is 75.6 cm³/mol. The summed E-state index contributed by atoms with van der Waals surface area (Å²) in [5.74, 6) is 0. The molecule has 0 amide bonds. The van der Waals surface area contributed by atoms with Crippen LogP contribution in [0.15, 0.2) is 6.07 Å². The Balaban J connectivity index is 2.64. The van der Waals surface area contributed by atoms with E-state index in [0.717, 1.165) is 26.2 Å². The van der Waals surface area contributed by atoms with Gasteiger partial charge in [-0.2, -0.15) is 0 Å². The van der Waals surface area contributed by atoms with E-state index in [1.54, 1.807) is 0 Å². The molecule has 0 fully saturated rings. The highest BCUT2D eigenvalue weighted by molar-refractivity contribution is 5.43. The van der Waals surface area contributed by atoms with Crippen molar-refractivity contribution in [2.24, 2.45) is 0 Å². The second kappa shape index (κ2) is 6.77. The average molecular weight is 234 g/mol. The smallest absolute Gasteiger partial charge is 0.0211 e. The zero-order chi connectivity index (χ0) is 12.8. The molecule has 0 aliphatic carbocycles. The van der Waals surface area contributed by atoms with Crippen LogP contribution in [0.25, 0.3) is 0 Å². The van der Waals surface area contributed by atoms with E-state index in [9.17, 15) is 0 Å². The number of hydrogen-bond acceptors (Lipinski definition) is 2. The summed E-state index contributed by atoms with van der Waals surface area (Å²) in [6.45, 7) is 15.1. The highest BCUT2D eigenvalue weighted by Crippen LogP contribution is 2.21. The van der Waals surface area contributed by atoms with E-state index in [4.69, 9.17) is 0 Å². The molecule has 0 bridgehead atoms. The van der Waals surface area contributed by atoms with Crippen LogP contribution in [0.5, 0.6) is 0 Å². The summed E-state index contributed by atoms with van der Waals surface area (Å²) < 4.78 is 0. The van der Waals surface area contributed by atoms with Crippen LogP contribution in [-0.4, -0.2) is 19.6 Å². The summed E-state index contributed by atoms with van der Waals surface area (Å²) in [5, 5.41) is 6.83. The van der Waals surface area contributed by atoms with E-state index in [0.29, 0.717) is 0 Å². The van der Waals surface area contributed by atoms with E-state index in [1.807, 2.05) is 0 Å². The molecule has 0 aromatic heterocycles. The Bertz CT molecular complexity index is 343. The summed E-state index contributed by atoms with van der Waals surface area (Å²) in [7, 11) is 0. The Hall–Kier alpha value is -0.860. The molecular weight excluding hydrogens is 208 g/mol. The molecule has 2 nitrogen and oxygen atoms in total. The van der Waals surface area contributed by atoms with Gasteiger partial charge in [-0.15, -0.1) is 0 Å². The molecule has 2 N–H and O–H groups in total. The van der Waals surface area contributed by atoms with Crippen molar-refractivity contribution < 1.29 is 0 Å². The summed E-state index contributed by atoms with van der Waals surface area (Å²) in [6.07, 6.45) is 0. The number of benzene rings is 1. The molecule has 1 rings (SSSR count). The van der Waals surface area contributed by atoms with Gasteiger partial charge in [0.15, 0.2) is 0 Å². The third-order valence-electron chi connectivity index (χ3n) is 3.55. The molecule has 0 radical (unpaired) electrons. The van der Waals surface area contributed by atoms with Gasteiger partial charge in [0, 0.05) is 19.6 Å². The maximum absolute atomic E-state index is 3.51.